The number of para-hydroxylation sites is 1. The second-order valence-corrected chi connectivity index (χ2v) is 7.03. The van der Waals surface area contributed by atoms with Crippen molar-refractivity contribution in [1.82, 2.24) is 0 Å². The minimum atomic E-state index is -0.986. The maximum absolute atomic E-state index is 12.2. The summed E-state index contributed by atoms with van der Waals surface area (Å²) < 4.78 is 5.62. The fourth-order valence-corrected chi connectivity index (χ4v) is 4.34. The van der Waals surface area contributed by atoms with Crippen LogP contribution in [-0.2, 0) is 17.6 Å². The van der Waals surface area contributed by atoms with Gasteiger partial charge < -0.3 is 15.2 Å². The van der Waals surface area contributed by atoms with Crippen molar-refractivity contribution >= 4 is 28.2 Å². The normalized spacial score (nSPS) is 12.8. The first-order valence-corrected chi connectivity index (χ1v) is 8.65. The molecule has 0 saturated heterocycles. The van der Waals surface area contributed by atoms with Crippen molar-refractivity contribution in [2.45, 2.75) is 33.1 Å². The lowest BCUT2D eigenvalue weighted by Gasteiger charge is -2.12. The van der Waals surface area contributed by atoms with Crippen LogP contribution in [0.15, 0.2) is 18.2 Å². The molecule has 1 amide bonds. The van der Waals surface area contributed by atoms with Crippen molar-refractivity contribution < 1.29 is 19.4 Å². The lowest BCUT2D eigenvalue weighted by molar-refractivity contribution is -0.118. The van der Waals surface area contributed by atoms with Gasteiger partial charge in [-0.05, 0) is 49.8 Å². The summed E-state index contributed by atoms with van der Waals surface area (Å²) in [7, 11) is 0. The Morgan fingerprint density at radius 1 is 1.25 bits per heavy atom. The molecule has 1 heterocycles. The second kappa shape index (κ2) is 6.65. The highest BCUT2D eigenvalue weighted by atomic mass is 32.1. The number of aromatic carboxylic acids is 1. The SMILES string of the molecule is Cc1cccc(C)c1OCC(=O)Nc1sc2c(c1C(=O)O)CCC2. The molecule has 1 aliphatic rings. The average molecular weight is 345 g/mol. The van der Waals surface area contributed by atoms with Gasteiger partial charge in [0.15, 0.2) is 6.61 Å². The number of fused-ring (bicyclic) bond motifs is 1. The zero-order valence-corrected chi connectivity index (χ0v) is 14.5. The topological polar surface area (TPSA) is 75.6 Å². The van der Waals surface area contributed by atoms with Crippen LogP contribution in [0.4, 0.5) is 5.00 Å². The molecule has 0 bridgehead atoms. The van der Waals surface area contributed by atoms with E-state index in [4.69, 9.17) is 4.74 Å². The zero-order chi connectivity index (χ0) is 17.3. The Bertz CT molecular complexity index is 789. The molecule has 2 aromatic rings. The molecule has 0 fully saturated rings. The molecular formula is C18H19NO4S. The summed E-state index contributed by atoms with van der Waals surface area (Å²) in [4.78, 5) is 24.8. The van der Waals surface area contributed by atoms with Crippen LogP contribution >= 0.6 is 11.3 Å². The van der Waals surface area contributed by atoms with Gasteiger partial charge in [-0.2, -0.15) is 0 Å². The van der Waals surface area contributed by atoms with Gasteiger partial charge in [-0.1, -0.05) is 18.2 Å². The number of hydrogen-bond donors (Lipinski definition) is 2. The second-order valence-electron chi connectivity index (χ2n) is 5.92. The fraction of sp³-hybridized carbons (Fsp3) is 0.333. The molecule has 5 nitrogen and oxygen atoms in total. The van der Waals surface area contributed by atoms with Gasteiger partial charge in [0.2, 0.25) is 0 Å². The standard InChI is InChI=1S/C18H19NO4S/c1-10-5-3-6-11(2)16(10)23-9-14(20)19-17-15(18(21)22)12-7-4-8-13(12)24-17/h3,5-6H,4,7-9H2,1-2H3,(H,19,20)(H,21,22). The van der Waals surface area contributed by atoms with Gasteiger partial charge in [0.1, 0.15) is 10.8 Å². The number of amides is 1. The average Bonchev–Trinajstić information content (AvgIpc) is 3.06. The van der Waals surface area contributed by atoms with Gasteiger partial charge in [0.05, 0.1) is 5.56 Å². The van der Waals surface area contributed by atoms with Gasteiger partial charge in [-0.25, -0.2) is 4.79 Å². The monoisotopic (exact) mass is 345 g/mol. The maximum atomic E-state index is 12.2. The van der Waals surface area contributed by atoms with Crippen LogP contribution in [0, 0.1) is 13.8 Å². The summed E-state index contributed by atoms with van der Waals surface area (Å²) in [6, 6.07) is 5.78. The summed E-state index contributed by atoms with van der Waals surface area (Å²) >= 11 is 1.36. The molecule has 2 N–H and O–H groups in total. The van der Waals surface area contributed by atoms with Crippen molar-refractivity contribution in [3.05, 3.63) is 45.3 Å². The number of benzene rings is 1. The molecule has 1 aromatic heterocycles. The highest BCUT2D eigenvalue weighted by Crippen LogP contribution is 2.39. The smallest absolute Gasteiger partial charge is 0.339 e. The first-order valence-electron chi connectivity index (χ1n) is 7.84. The van der Waals surface area contributed by atoms with Crippen molar-refractivity contribution in [2.24, 2.45) is 0 Å². The number of rotatable bonds is 5. The molecule has 1 aliphatic carbocycles. The number of aryl methyl sites for hydroxylation is 3. The van der Waals surface area contributed by atoms with Crippen LogP contribution in [0.25, 0.3) is 0 Å². The molecule has 126 valence electrons. The summed E-state index contributed by atoms with van der Waals surface area (Å²) in [5.41, 5.74) is 3.04. The van der Waals surface area contributed by atoms with Crippen molar-refractivity contribution in [3.8, 4) is 5.75 Å². The van der Waals surface area contributed by atoms with E-state index >= 15 is 0 Å². The van der Waals surface area contributed by atoms with E-state index < -0.39 is 5.97 Å². The largest absolute Gasteiger partial charge is 0.483 e. The predicted molar refractivity (Wildman–Crippen MR) is 93.3 cm³/mol. The van der Waals surface area contributed by atoms with Gasteiger partial charge in [0, 0.05) is 4.88 Å². The van der Waals surface area contributed by atoms with Crippen LogP contribution < -0.4 is 10.1 Å². The molecule has 1 aromatic carbocycles. The third-order valence-electron chi connectivity index (χ3n) is 4.14. The summed E-state index contributed by atoms with van der Waals surface area (Å²) in [5.74, 6) is -0.639. The van der Waals surface area contributed by atoms with Crippen LogP contribution in [0.3, 0.4) is 0 Å². The predicted octanol–water partition coefficient (Wildman–Crippen LogP) is 3.57. The number of nitrogens with one attached hydrogen (secondary N) is 1. The van der Waals surface area contributed by atoms with E-state index in [0.717, 1.165) is 40.8 Å². The van der Waals surface area contributed by atoms with E-state index in [9.17, 15) is 14.7 Å². The number of carbonyl (C=O) groups is 2. The molecule has 0 spiro atoms. The van der Waals surface area contributed by atoms with Crippen LogP contribution in [-0.4, -0.2) is 23.6 Å². The number of carboxylic acid groups (broad SMARTS) is 1. The highest BCUT2D eigenvalue weighted by molar-refractivity contribution is 7.17. The van der Waals surface area contributed by atoms with E-state index in [0.29, 0.717) is 10.8 Å². The van der Waals surface area contributed by atoms with E-state index in [2.05, 4.69) is 5.32 Å². The van der Waals surface area contributed by atoms with Gasteiger partial charge in [-0.3, -0.25) is 4.79 Å². The lowest BCUT2D eigenvalue weighted by Crippen LogP contribution is -2.21. The number of anilines is 1. The van der Waals surface area contributed by atoms with Crippen LogP contribution in [0.1, 0.15) is 38.3 Å². The molecule has 3 rings (SSSR count). The Morgan fingerprint density at radius 2 is 1.96 bits per heavy atom. The molecule has 0 saturated carbocycles. The Morgan fingerprint density at radius 3 is 2.62 bits per heavy atom. The summed E-state index contributed by atoms with van der Waals surface area (Å²) in [5, 5.41) is 12.6. The van der Waals surface area contributed by atoms with Crippen molar-refractivity contribution in [3.63, 3.8) is 0 Å². The van der Waals surface area contributed by atoms with Crippen molar-refractivity contribution in [1.29, 1.82) is 0 Å². The quantitative estimate of drug-likeness (QED) is 0.869. The Kier molecular flexibility index (Phi) is 4.57. The zero-order valence-electron chi connectivity index (χ0n) is 13.6. The van der Waals surface area contributed by atoms with E-state index in [1.54, 1.807) is 0 Å². The molecular weight excluding hydrogens is 326 g/mol. The molecule has 0 unspecified atom stereocenters. The number of hydrogen-bond acceptors (Lipinski definition) is 4. The molecule has 6 heteroatoms. The van der Waals surface area contributed by atoms with Gasteiger partial charge in [0.25, 0.3) is 5.91 Å². The lowest BCUT2D eigenvalue weighted by atomic mass is 10.1. The minimum Gasteiger partial charge on any atom is -0.483 e. The number of carbonyl (C=O) groups excluding carboxylic acids is 1. The number of carboxylic acids is 1. The molecule has 0 radical (unpaired) electrons. The Balaban J connectivity index is 1.71. The number of thiophene rings is 1. The first kappa shape index (κ1) is 16.5. The van der Waals surface area contributed by atoms with E-state index in [-0.39, 0.29) is 18.1 Å². The third kappa shape index (κ3) is 3.14. The van der Waals surface area contributed by atoms with Crippen LogP contribution in [0.2, 0.25) is 0 Å². The number of ether oxygens (including phenoxy) is 1. The third-order valence-corrected chi connectivity index (χ3v) is 5.35. The minimum absolute atomic E-state index is 0.146. The molecule has 24 heavy (non-hydrogen) atoms. The van der Waals surface area contributed by atoms with E-state index in [1.807, 2.05) is 32.0 Å². The van der Waals surface area contributed by atoms with Gasteiger partial charge >= 0.3 is 5.97 Å². The summed E-state index contributed by atoms with van der Waals surface area (Å²) in [6.07, 6.45) is 2.63. The Labute approximate surface area is 144 Å². The van der Waals surface area contributed by atoms with Crippen molar-refractivity contribution in [2.75, 3.05) is 11.9 Å². The molecule has 0 aliphatic heterocycles. The first-order chi connectivity index (χ1) is 11.5. The fourth-order valence-electron chi connectivity index (χ4n) is 3.05. The Hall–Kier alpha value is -2.34. The maximum Gasteiger partial charge on any atom is 0.339 e. The van der Waals surface area contributed by atoms with E-state index in [1.165, 1.54) is 11.3 Å². The van der Waals surface area contributed by atoms with Gasteiger partial charge in [-0.15, -0.1) is 11.3 Å². The molecule has 0 atom stereocenters. The van der Waals surface area contributed by atoms with Crippen LogP contribution in [0.5, 0.6) is 5.75 Å². The highest BCUT2D eigenvalue weighted by Gasteiger charge is 2.27. The summed E-state index contributed by atoms with van der Waals surface area (Å²) in [6.45, 7) is 3.70.